The van der Waals surface area contributed by atoms with Gasteiger partial charge in [0.2, 0.25) is 0 Å². The molecule has 0 saturated heterocycles. The van der Waals surface area contributed by atoms with Crippen LogP contribution >= 0.6 is 0 Å². The normalized spacial score (nSPS) is 16.2. The quantitative estimate of drug-likeness (QED) is 0.518. The van der Waals surface area contributed by atoms with Crippen LogP contribution < -0.4 is 0 Å². The van der Waals surface area contributed by atoms with Crippen LogP contribution in [-0.4, -0.2) is 0 Å². The molecule has 0 unspecified atom stereocenters. The molecule has 0 N–H and O–H groups in total. The van der Waals surface area contributed by atoms with Gasteiger partial charge in [-0.25, -0.2) is 0 Å². The van der Waals surface area contributed by atoms with Crippen molar-refractivity contribution in [3.8, 4) is 0 Å². The summed E-state index contributed by atoms with van der Waals surface area (Å²) in [6.07, 6.45) is 7.99. The van der Waals surface area contributed by atoms with Crippen molar-refractivity contribution in [2.75, 3.05) is 0 Å². The predicted molar refractivity (Wildman–Crippen MR) is 68.4 cm³/mol. The second-order valence-corrected chi connectivity index (χ2v) is 5.55. The maximum absolute atomic E-state index is 2.40. The van der Waals surface area contributed by atoms with Gasteiger partial charge in [-0.3, -0.25) is 0 Å². The van der Waals surface area contributed by atoms with Crippen LogP contribution in [0.5, 0.6) is 0 Å². The largest absolute Gasteiger partial charge is 0.328 e. The molecule has 1 radical (unpaired) electrons. The number of rotatable bonds is 0. The Morgan fingerprint density at radius 2 is 1.20 bits per heavy atom. The van der Waals surface area contributed by atoms with Crippen LogP contribution in [0.2, 0.25) is 0 Å². The standard InChI is InChI=1S/C7H13.C5H12.C2H6.Y/c1-7-5-3-2-4-6-7;1-5(2,3)4;1-2;/h2,7H,3-6H2,1H3;1-4H3;1-2H3;/q-1;;;. The third kappa shape index (κ3) is 31.3. The molecule has 0 heterocycles. The Balaban J connectivity index is -0.000000162. The first-order chi connectivity index (χ1) is 6.39. The van der Waals surface area contributed by atoms with E-state index in [0.29, 0.717) is 5.41 Å². The van der Waals surface area contributed by atoms with E-state index < -0.39 is 0 Å². The average Bonchev–Trinajstić information content (AvgIpc) is 2.06. The Hall–Kier alpha value is 1.10. The molecule has 1 fully saturated rings. The molecule has 15 heavy (non-hydrogen) atoms. The molecule has 1 saturated carbocycles. The van der Waals surface area contributed by atoms with Crippen molar-refractivity contribution in [3.63, 3.8) is 0 Å². The van der Waals surface area contributed by atoms with E-state index in [9.17, 15) is 0 Å². The second-order valence-electron chi connectivity index (χ2n) is 5.55. The summed E-state index contributed by atoms with van der Waals surface area (Å²) in [5.41, 5.74) is 0.500. The first kappa shape index (κ1) is 21.4. The topological polar surface area (TPSA) is 0 Å². The SMILES string of the molecule is CC.CC(C)(C)C.CC1CC[CH-]CC1.[Y]. The molecule has 1 rings (SSSR count). The van der Waals surface area contributed by atoms with Crippen LogP contribution in [0.1, 0.15) is 74.1 Å². The molecule has 0 aromatic heterocycles. The number of hydrogen-bond acceptors (Lipinski definition) is 0. The van der Waals surface area contributed by atoms with E-state index in [1.807, 2.05) is 13.8 Å². The zero-order valence-corrected chi connectivity index (χ0v) is 14.9. The predicted octanol–water partition coefficient (Wildman–Crippen LogP) is 5.48. The molecule has 0 atom stereocenters. The molecule has 1 aliphatic rings. The van der Waals surface area contributed by atoms with E-state index >= 15 is 0 Å². The minimum Gasteiger partial charge on any atom is -0.328 e. The van der Waals surface area contributed by atoms with Crippen LogP contribution in [0, 0.1) is 17.8 Å². The molecule has 91 valence electrons. The summed E-state index contributed by atoms with van der Waals surface area (Å²) < 4.78 is 0. The van der Waals surface area contributed by atoms with Crippen LogP contribution in [0.4, 0.5) is 0 Å². The maximum Gasteiger partial charge on any atom is 0 e. The molecule has 0 aromatic carbocycles. The van der Waals surface area contributed by atoms with E-state index in [2.05, 4.69) is 41.0 Å². The van der Waals surface area contributed by atoms with Gasteiger partial charge in [0.05, 0.1) is 0 Å². The van der Waals surface area contributed by atoms with Crippen LogP contribution in [0.25, 0.3) is 0 Å². The van der Waals surface area contributed by atoms with Gasteiger partial charge in [-0.2, -0.15) is 12.8 Å². The van der Waals surface area contributed by atoms with Gasteiger partial charge in [-0.15, -0.1) is 0 Å². The van der Waals surface area contributed by atoms with Gasteiger partial charge in [-0.05, 0) is 11.3 Å². The minimum absolute atomic E-state index is 0. The Morgan fingerprint density at radius 1 is 0.933 bits per heavy atom. The minimum atomic E-state index is 0. The summed E-state index contributed by atoms with van der Waals surface area (Å²) >= 11 is 0. The summed E-state index contributed by atoms with van der Waals surface area (Å²) in [7, 11) is 0. The van der Waals surface area contributed by atoms with Gasteiger partial charge in [-0.1, -0.05) is 61.3 Å². The van der Waals surface area contributed by atoms with E-state index in [-0.39, 0.29) is 32.7 Å². The van der Waals surface area contributed by atoms with E-state index in [1.165, 1.54) is 25.7 Å². The summed E-state index contributed by atoms with van der Waals surface area (Å²) in [5, 5.41) is 0. The molecule has 1 heteroatoms. The Kier molecular flexibility index (Phi) is 18.8. The van der Waals surface area contributed by atoms with Crippen molar-refractivity contribution < 1.29 is 32.7 Å². The molecular weight excluding hydrogens is 257 g/mol. The first-order valence-electron chi connectivity index (χ1n) is 6.21. The van der Waals surface area contributed by atoms with E-state index in [0.717, 1.165) is 5.92 Å². The van der Waals surface area contributed by atoms with Gasteiger partial charge in [0.25, 0.3) is 0 Å². The molecular formula is C14H31Y-. The summed E-state index contributed by atoms with van der Waals surface area (Å²) in [5.74, 6) is 1.00. The van der Waals surface area contributed by atoms with Crippen molar-refractivity contribution in [2.45, 2.75) is 74.1 Å². The monoisotopic (exact) mass is 288 g/mol. The van der Waals surface area contributed by atoms with Gasteiger partial charge in [0, 0.05) is 32.7 Å². The maximum atomic E-state index is 2.40. The van der Waals surface area contributed by atoms with Crippen LogP contribution in [0.15, 0.2) is 0 Å². The van der Waals surface area contributed by atoms with Crippen molar-refractivity contribution in [3.05, 3.63) is 6.42 Å². The Morgan fingerprint density at radius 3 is 1.33 bits per heavy atom. The molecule has 0 nitrogen and oxygen atoms in total. The first-order valence-corrected chi connectivity index (χ1v) is 6.21. The third-order valence-corrected chi connectivity index (χ3v) is 1.73. The molecule has 0 amide bonds. The molecule has 0 spiro atoms. The molecule has 0 aliphatic heterocycles. The molecule has 1 aliphatic carbocycles. The van der Waals surface area contributed by atoms with Crippen LogP contribution in [-0.2, 0) is 32.7 Å². The van der Waals surface area contributed by atoms with Crippen molar-refractivity contribution in [1.29, 1.82) is 0 Å². The smallest absolute Gasteiger partial charge is 0 e. The summed E-state index contributed by atoms with van der Waals surface area (Å²) in [6, 6.07) is 0. The number of hydrogen-bond donors (Lipinski definition) is 0. The molecule has 0 bridgehead atoms. The Bertz CT molecular complexity index is 90.4. The van der Waals surface area contributed by atoms with E-state index in [4.69, 9.17) is 0 Å². The van der Waals surface area contributed by atoms with Gasteiger partial charge in [0.15, 0.2) is 0 Å². The summed E-state index contributed by atoms with van der Waals surface area (Å²) in [4.78, 5) is 0. The van der Waals surface area contributed by atoms with Gasteiger partial charge in [0.1, 0.15) is 0 Å². The fraction of sp³-hybridized carbons (Fsp3) is 0.929. The van der Waals surface area contributed by atoms with Crippen molar-refractivity contribution >= 4 is 0 Å². The summed E-state index contributed by atoms with van der Waals surface area (Å²) in [6.45, 7) is 15.1. The van der Waals surface area contributed by atoms with Gasteiger partial charge >= 0.3 is 0 Å². The molecule has 0 aromatic rings. The zero-order valence-electron chi connectivity index (χ0n) is 12.1. The third-order valence-electron chi connectivity index (χ3n) is 1.73. The zero-order chi connectivity index (χ0) is 11.6. The van der Waals surface area contributed by atoms with Crippen LogP contribution in [0.3, 0.4) is 0 Å². The van der Waals surface area contributed by atoms with Crippen molar-refractivity contribution in [1.82, 2.24) is 0 Å². The average molecular weight is 288 g/mol. The van der Waals surface area contributed by atoms with E-state index in [1.54, 1.807) is 0 Å². The van der Waals surface area contributed by atoms with Gasteiger partial charge < -0.3 is 6.42 Å². The fourth-order valence-corrected chi connectivity index (χ4v) is 1.09. The Labute approximate surface area is 124 Å². The van der Waals surface area contributed by atoms with Crippen molar-refractivity contribution in [2.24, 2.45) is 11.3 Å². The fourth-order valence-electron chi connectivity index (χ4n) is 1.09. The second kappa shape index (κ2) is 13.2.